The topological polar surface area (TPSA) is 89.3 Å². The van der Waals surface area contributed by atoms with Crippen LogP contribution in [0.1, 0.15) is 17.3 Å². The molecule has 0 aromatic heterocycles. The van der Waals surface area contributed by atoms with Gasteiger partial charge >= 0.3 is 0 Å². The minimum absolute atomic E-state index is 0.0444. The van der Waals surface area contributed by atoms with Crippen LogP contribution in [0.2, 0.25) is 0 Å². The SMILES string of the molecule is CC(CN)CNC(=O)c1ccccc1S(C)(=O)=O. The zero-order chi connectivity index (χ0) is 13.8. The Balaban J connectivity index is 2.93. The molecule has 1 rings (SSSR count). The first-order valence-electron chi connectivity index (χ1n) is 5.63. The second-order valence-corrected chi connectivity index (χ2v) is 6.30. The van der Waals surface area contributed by atoms with E-state index in [1.54, 1.807) is 12.1 Å². The molecule has 0 aliphatic carbocycles. The lowest BCUT2D eigenvalue weighted by atomic mass is 10.1. The molecule has 1 unspecified atom stereocenters. The van der Waals surface area contributed by atoms with E-state index in [9.17, 15) is 13.2 Å². The van der Waals surface area contributed by atoms with Gasteiger partial charge in [0.1, 0.15) is 0 Å². The molecular weight excluding hydrogens is 252 g/mol. The number of carbonyl (C=O) groups is 1. The van der Waals surface area contributed by atoms with Crippen LogP contribution in [0.5, 0.6) is 0 Å². The fourth-order valence-corrected chi connectivity index (χ4v) is 2.31. The number of rotatable bonds is 5. The van der Waals surface area contributed by atoms with E-state index >= 15 is 0 Å². The van der Waals surface area contributed by atoms with Crippen LogP contribution in [-0.2, 0) is 9.84 Å². The summed E-state index contributed by atoms with van der Waals surface area (Å²) in [6.07, 6.45) is 1.08. The highest BCUT2D eigenvalue weighted by atomic mass is 32.2. The average Bonchev–Trinajstić information content (AvgIpc) is 2.34. The van der Waals surface area contributed by atoms with Crippen LogP contribution >= 0.6 is 0 Å². The minimum atomic E-state index is -3.41. The van der Waals surface area contributed by atoms with Gasteiger partial charge in [0.05, 0.1) is 10.5 Å². The number of sulfone groups is 1. The summed E-state index contributed by atoms with van der Waals surface area (Å²) in [5.74, 6) is -0.240. The van der Waals surface area contributed by atoms with E-state index in [0.29, 0.717) is 13.1 Å². The normalized spacial score (nSPS) is 13.1. The molecular formula is C12H18N2O3S. The Labute approximate surface area is 107 Å². The van der Waals surface area contributed by atoms with Crippen molar-refractivity contribution in [2.75, 3.05) is 19.3 Å². The molecule has 0 saturated heterocycles. The molecule has 5 nitrogen and oxygen atoms in total. The van der Waals surface area contributed by atoms with E-state index in [1.807, 2.05) is 6.92 Å². The molecule has 0 aliphatic rings. The van der Waals surface area contributed by atoms with E-state index in [1.165, 1.54) is 12.1 Å². The summed E-state index contributed by atoms with van der Waals surface area (Å²) in [4.78, 5) is 12.0. The zero-order valence-corrected chi connectivity index (χ0v) is 11.3. The van der Waals surface area contributed by atoms with Gasteiger partial charge in [0, 0.05) is 12.8 Å². The minimum Gasteiger partial charge on any atom is -0.352 e. The van der Waals surface area contributed by atoms with Crippen molar-refractivity contribution in [3.63, 3.8) is 0 Å². The Morgan fingerprint density at radius 3 is 2.56 bits per heavy atom. The molecule has 0 fully saturated rings. The third kappa shape index (κ3) is 3.82. The fraction of sp³-hybridized carbons (Fsp3) is 0.417. The Bertz CT molecular complexity index is 526. The summed E-state index contributed by atoms with van der Waals surface area (Å²) in [6, 6.07) is 6.15. The van der Waals surface area contributed by atoms with E-state index in [4.69, 9.17) is 5.73 Å². The molecule has 1 aromatic carbocycles. The molecule has 100 valence electrons. The highest BCUT2D eigenvalue weighted by molar-refractivity contribution is 7.90. The van der Waals surface area contributed by atoms with Gasteiger partial charge in [-0.25, -0.2) is 8.42 Å². The van der Waals surface area contributed by atoms with Crippen LogP contribution in [0, 0.1) is 5.92 Å². The maximum absolute atomic E-state index is 11.9. The van der Waals surface area contributed by atoms with Crippen molar-refractivity contribution >= 4 is 15.7 Å². The maximum Gasteiger partial charge on any atom is 0.252 e. The van der Waals surface area contributed by atoms with Crippen LogP contribution in [0.25, 0.3) is 0 Å². The van der Waals surface area contributed by atoms with Crippen molar-refractivity contribution in [2.45, 2.75) is 11.8 Å². The molecule has 6 heteroatoms. The van der Waals surface area contributed by atoms with Crippen LogP contribution in [0.4, 0.5) is 0 Å². The van der Waals surface area contributed by atoms with Gasteiger partial charge in [-0.3, -0.25) is 4.79 Å². The van der Waals surface area contributed by atoms with Gasteiger partial charge in [-0.1, -0.05) is 19.1 Å². The Morgan fingerprint density at radius 1 is 1.39 bits per heavy atom. The van der Waals surface area contributed by atoms with Crippen molar-refractivity contribution in [2.24, 2.45) is 11.7 Å². The van der Waals surface area contributed by atoms with Crippen LogP contribution in [0.15, 0.2) is 29.2 Å². The van der Waals surface area contributed by atoms with E-state index in [0.717, 1.165) is 6.26 Å². The number of carbonyl (C=O) groups excluding carboxylic acids is 1. The van der Waals surface area contributed by atoms with Crippen molar-refractivity contribution in [1.82, 2.24) is 5.32 Å². The molecule has 0 heterocycles. The summed E-state index contributed by atoms with van der Waals surface area (Å²) in [5.41, 5.74) is 5.62. The third-order valence-corrected chi connectivity index (χ3v) is 3.70. The number of nitrogens with one attached hydrogen (secondary N) is 1. The molecule has 0 spiro atoms. The maximum atomic E-state index is 11.9. The van der Waals surface area contributed by atoms with Crippen molar-refractivity contribution < 1.29 is 13.2 Å². The first-order chi connectivity index (χ1) is 8.36. The van der Waals surface area contributed by atoms with Gasteiger partial charge in [0.15, 0.2) is 9.84 Å². The summed E-state index contributed by atoms with van der Waals surface area (Å²) >= 11 is 0. The van der Waals surface area contributed by atoms with Crippen molar-refractivity contribution in [1.29, 1.82) is 0 Å². The predicted molar refractivity (Wildman–Crippen MR) is 70.1 cm³/mol. The Kier molecular flexibility index (Phi) is 4.86. The summed E-state index contributed by atoms with van der Waals surface area (Å²) in [6.45, 7) is 2.80. The van der Waals surface area contributed by atoms with E-state index in [-0.39, 0.29) is 16.4 Å². The molecule has 1 aromatic rings. The first-order valence-corrected chi connectivity index (χ1v) is 7.52. The quantitative estimate of drug-likeness (QED) is 0.811. The van der Waals surface area contributed by atoms with Gasteiger partial charge in [-0.05, 0) is 24.6 Å². The van der Waals surface area contributed by atoms with Gasteiger partial charge in [0.25, 0.3) is 5.91 Å². The predicted octanol–water partition coefficient (Wildman–Crippen LogP) is 0.415. The molecule has 1 atom stereocenters. The van der Waals surface area contributed by atoms with Gasteiger partial charge in [0.2, 0.25) is 0 Å². The van der Waals surface area contributed by atoms with Crippen LogP contribution in [0.3, 0.4) is 0 Å². The molecule has 0 radical (unpaired) electrons. The third-order valence-electron chi connectivity index (χ3n) is 2.54. The first kappa shape index (κ1) is 14.7. The molecule has 0 aliphatic heterocycles. The summed E-state index contributed by atoms with van der Waals surface area (Å²) in [5, 5.41) is 2.68. The second kappa shape index (κ2) is 5.97. The number of hydrogen-bond acceptors (Lipinski definition) is 4. The summed E-state index contributed by atoms with van der Waals surface area (Å²) in [7, 11) is -3.41. The molecule has 1 amide bonds. The largest absolute Gasteiger partial charge is 0.352 e. The van der Waals surface area contributed by atoms with Crippen molar-refractivity contribution in [3.8, 4) is 0 Å². The lowest BCUT2D eigenvalue weighted by molar-refractivity contribution is 0.0945. The molecule has 18 heavy (non-hydrogen) atoms. The monoisotopic (exact) mass is 270 g/mol. The lowest BCUT2D eigenvalue weighted by Gasteiger charge is -2.11. The highest BCUT2D eigenvalue weighted by Gasteiger charge is 2.17. The fourth-order valence-electron chi connectivity index (χ4n) is 1.42. The number of hydrogen-bond donors (Lipinski definition) is 2. The van der Waals surface area contributed by atoms with Crippen LogP contribution < -0.4 is 11.1 Å². The van der Waals surface area contributed by atoms with E-state index < -0.39 is 15.7 Å². The number of benzene rings is 1. The van der Waals surface area contributed by atoms with Gasteiger partial charge in [-0.2, -0.15) is 0 Å². The zero-order valence-electron chi connectivity index (χ0n) is 10.5. The number of amides is 1. The van der Waals surface area contributed by atoms with Gasteiger partial charge in [-0.15, -0.1) is 0 Å². The highest BCUT2D eigenvalue weighted by Crippen LogP contribution is 2.15. The molecule has 0 bridgehead atoms. The molecule has 3 N–H and O–H groups in total. The lowest BCUT2D eigenvalue weighted by Crippen LogP contribution is -2.32. The Hall–Kier alpha value is -1.40. The number of nitrogens with two attached hydrogens (primary N) is 1. The standard InChI is InChI=1S/C12H18N2O3S/c1-9(7-13)8-14-12(15)10-5-3-4-6-11(10)18(2,16)17/h3-6,9H,7-8,13H2,1-2H3,(H,14,15). The molecule has 0 saturated carbocycles. The smallest absolute Gasteiger partial charge is 0.252 e. The van der Waals surface area contributed by atoms with Gasteiger partial charge < -0.3 is 11.1 Å². The second-order valence-electron chi connectivity index (χ2n) is 4.32. The summed E-state index contributed by atoms with van der Waals surface area (Å²) < 4.78 is 23.1. The van der Waals surface area contributed by atoms with E-state index in [2.05, 4.69) is 5.32 Å². The van der Waals surface area contributed by atoms with Crippen molar-refractivity contribution in [3.05, 3.63) is 29.8 Å². The average molecular weight is 270 g/mol. The van der Waals surface area contributed by atoms with Crippen LogP contribution in [-0.4, -0.2) is 33.7 Å². The Morgan fingerprint density at radius 2 is 2.00 bits per heavy atom.